The number of hydrogen-bond donors (Lipinski definition) is 3. The fraction of sp³-hybridized carbons (Fsp3) is 0.438. The van der Waals surface area contributed by atoms with Crippen LogP contribution in [0.1, 0.15) is 49.7 Å². The molecule has 6 rings (SSSR count). The first kappa shape index (κ1) is 24.0. The first-order chi connectivity index (χ1) is 17.8. The summed E-state index contributed by atoms with van der Waals surface area (Å²) in [5.41, 5.74) is 4.37. The Hall–Kier alpha value is -3.34. The normalized spacial score (nSPS) is 30.2. The molecule has 0 bridgehead atoms. The van der Waals surface area contributed by atoms with Crippen LogP contribution in [0.15, 0.2) is 66.7 Å². The van der Waals surface area contributed by atoms with E-state index in [1.54, 1.807) is 12.1 Å². The van der Waals surface area contributed by atoms with Crippen molar-refractivity contribution < 1.29 is 15.3 Å². The Bertz CT molecular complexity index is 1310. The maximum absolute atomic E-state index is 10.8. The summed E-state index contributed by atoms with van der Waals surface area (Å²) in [7, 11) is 4.27. The highest BCUT2D eigenvalue weighted by Gasteiger charge is 2.61. The van der Waals surface area contributed by atoms with Crippen LogP contribution < -0.4 is 9.80 Å². The van der Waals surface area contributed by atoms with E-state index in [0.29, 0.717) is 35.0 Å². The summed E-state index contributed by atoms with van der Waals surface area (Å²) in [5, 5.41) is 31.7. The summed E-state index contributed by atoms with van der Waals surface area (Å²) in [5.74, 6) is 2.51. The predicted octanol–water partition coefficient (Wildman–Crippen LogP) is 6.28. The van der Waals surface area contributed by atoms with Gasteiger partial charge in [0.05, 0.1) is 11.4 Å². The van der Waals surface area contributed by atoms with E-state index >= 15 is 0 Å². The minimum atomic E-state index is -0.0519. The van der Waals surface area contributed by atoms with Gasteiger partial charge in [0.2, 0.25) is 0 Å². The van der Waals surface area contributed by atoms with E-state index < -0.39 is 0 Å². The molecular weight excluding hydrogens is 460 g/mol. The van der Waals surface area contributed by atoms with Gasteiger partial charge in [0.15, 0.2) is 0 Å². The Labute approximate surface area is 220 Å². The molecule has 0 aliphatic heterocycles. The lowest BCUT2D eigenvalue weighted by molar-refractivity contribution is 0.0256. The summed E-state index contributed by atoms with van der Waals surface area (Å²) in [4.78, 5) is 4.64. The monoisotopic (exact) mass is 498 g/mol. The molecule has 0 spiro atoms. The van der Waals surface area contributed by atoms with E-state index in [1.165, 1.54) is 11.1 Å². The molecule has 194 valence electrons. The fourth-order valence-corrected chi connectivity index (χ4v) is 8.60. The minimum Gasteiger partial charge on any atom is -0.508 e. The smallest absolute Gasteiger partial charge is 0.138 e. The summed E-state index contributed by atoms with van der Waals surface area (Å²) >= 11 is 0. The molecule has 5 heteroatoms. The molecule has 3 aliphatic rings. The Morgan fingerprint density at radius 2 is 1.38 bits per heavy atom. The minimum absolute atomic E-state index is 0.0519. The zero-order valence-corrected chi connectivity index (χ0v) is 22.0. The van der Waals surface area contributed by atoms with Crippen LogP contribution in [0.4, 0.5) is 11.4 Å². The van der Waals surface area contributed by atoms with Gasteiger partial charge in [-0.2, -0.15) is 0 Å². The summed E-state index contributed by atoms with van der Waals surface area (Å²) in [6.45, 7) is 2.47. The van der Waals surface area contributed by atoms with E-state index in [9.17, 15) is 15.3 Å². The Kier molecular flexibility index (Phi) is 5.78. The number of nitrogens with zero attached hydrogens (tertiary/aromatic N) is 2. The highest BCUT2D eigenvalue weighted by molar-refractivity contribution is 5.61. The molecule has 2 saturated carbocycles. The van der Waals surface area contributed by atoms with Gasteiger partial charge < -0.3 is 25.1 Å². The van der Waals surface area contributed by atoms with Gasteiger partial charge in [0.25, 0.3) is 0 Å². The SMILES string of the molecule is CN(c1ccccc1O)[C@@H]1CC[C@H]2[C@@H]3CCc4cc(O)ccc4[C@H]3C[C@@H](N(C)c3ccccc3O)[C@@]21C. The van der Waals surface area contributed by atoms with Crippen LogP contribution in [0.25, 0.3) is 0 Å². The number of hydrogen-bond acceptors (Lipinski definition) is 5. The van der Waals surface area contributed by atoms with E-state index in [2.05, 4.69) is 36.9 Å². The van der Waals surface area contributed by atoms with Gasteiger partial charge in [-0.15, -0.1) is 0 Å². The number of fused-ring (bicyclic) bond motifs is 5. The summed E-state index contributed by atoms with van der Waals surface area (Å²) in [6.07, 6.45) is 5.37. The van der Waals surface area contributed by atoms with E-state index in [0.717, 1.165) is 43.5 Å². The molecule has 6 atom stereocenters. The number of benzene rings is 3. The highest BCUT2D eigenvalue weighted by atomic mass is 16.3. The lowest BCUT2D eigenvalue weighted by Gasteiger charge is -2.58. The van der Waals surface area contributed by atoms with Crippen molar-refractivity contribution in [3.63, 3.8) is 0 Å². The van der Waals surface area contributed by atoms with Crippen molar-refractivity contribution in [3.05, 3.63) is 77.9 Å². The predicted molar refractivity (Wildman–Crippen MR) is 149 cm³/mol. The summed E-state index contributed by atoms with van der Waals surface area (Å²) < 4.78 is 0. The Morgan fingerprint density at radius 1 is 0.757 bits per heavy atom. The van der Waals surface area contributed by atoms with Gasteiger partial charge in [-0.25, -0.2) is 0 Å². The molecule has 5 nitrogen and oxygen atoms in total. The lowest BCUT2D eigenvalue weighted by Crippen LogP contribution is -2.61. The van der Waals surface area contributed by atoms with Crippen molar-refractivity contribution in [2.24, 2.45) is 17.3 Å². The van der Waals surface area contributed by atoms with Gasteiger partial charge in [-0.05, 0) is 97.4 Å². The number of rotatable bonds is 4. The second kappa shape index (κ2) is 8.90. The van der Waals surface area contributed by atoms with Crippen LogP contribution in [0.2, 0.25) is 0 Å². The number of phenols is 3. The van der Waals surface area contributed by atoms with Gasteiger partial charge >= 0.3 is 0 Å². The Balaban J connectivity index is 1.46. The van der Waals surface area contributed by atoms with Crippen molar-refractivity contribution >= 4 is 11.4 Å². The third-order valence-electron chi connectivity index (χ3n) is 10.2. The molecule has 2 fully saturated rings. The average molecular weight is 499 g/mol. The number of aromatic hydroxyl groups is 3. The van der Waals surface area contributed by atoms with E-state index in [4.69, 9.17) is 0 Å². The van der Waals surface area contributed by atoms with E-state index in [-0.39, 0.29) is 17.5 Å². The molecule has 0 radical (unpaired) electrons. The number of aryl methyl sites for hydroxylation is 1. The first-order valence-corrected chi connectivity index (χ1v) is 13.6. The highest BCUT2D eigenvalue weighted by Crippen LogP contribution is 2.63. The van der Waals surface area contributed by atoms with Crippen molar-refractivity contribution in [2.45, 2.75) is 57.0 Å². The molecule has 3 N–H and O–H groups in total. The zero-order valence-electron chi connectivity index (χ0n) is 22.0. The number of phenolic OH excluding ortho intramolecular Hbond substituents is 3. The van der Waals surface area contributed by atoms with Crippen LogP contribution in [-0.2, 0) is 6.42 Å². The van der Waals surface area contributed by atoms with Crippen LogP contribution in [-0.4, -0.2) is 41.5 Å². The summed E-state index contributed by atoms with van der Waals surface area (Å²) in [6, 6.07) is 21.7. The molecule has 0 amide bonds. The maximum atomic E-state index is 10.8. The first-order valence-electron chi connectivity index (χ1n) is 13.6. The van der Waals surface area contributed by atoms with Crippen molar-refractivity contribution in [3.8, 4) is 17.2 Å². The van der Waals surface area contributed by atoms with Crippen LogP contribution in [0.3, 0.4) is 0 Å². The molecular formula is C32H38N2O3. The molecule has 3 aromatic carbocycles. The average Bonchev–Trinajstić information content (AvgIpc) is 3.25. The van der Waals surface area contributed by atoms with Gasteiger partial charge in [0.1, 0.15) is 17.2 Å². The Morgan fingerprint density at radius 3 is 2.03 bits per heavy atom. The molecule has 0 saturated heterocycles. The van der Waals surface area contributed by atoms with Crippen molar-refractivity contribution in [1.29, 1.82) is 0 Å². The lowest BCUT2D eigenvalue weighted by atomic mass is 9.52. The number of anilines is 2. The third kappa shape index (κ3) is 3.65. The van der Waals surface area contributed by atoms with Gasteiger partial charge in [-0.1, -0.05) is 37.3 Å². The van der Waals surface area contributed by atoms with Gasteiger partial charge in [-0.3, -0.25) is 0 Å². The number of para-hydroxylation sites is 4. The largest absolute Gasteiger partial charge is 0.508 e. The fourth-order valence-electron chi connectivity index (χ4n) is 8.60. The molecule has 3 aromatic rings. The molecule has 0 aromatic heterocycles. The van der Waals surface area contributed by atoms with Crippen LogP contribution in [0, 0.1) is 17.3 Å². The topological polar surface area (TPSA) is 67.2 Å². The molecule has 37 heavy (non-hydrogen) atoms. The standard InChI is InChI=1S/C32H38N2O3/c1-32-25(16-17-30(32)33(2)26-8-4-6-10-28(26)36)23-14-12-20-18-21(35)13-15-22(20)24(23)19-31(32)34(3)27-9-5-7-11-29(27)37/h4-11,13,15,18,23-25,30-31,35-37H,12,14,16-17,19H2,1-3H3/t23-,24-,25+,30-,31-,32+/m1/s1. The van der Waals surface area contributed by atoms with Crippen LogP contribution >= 0.6 is 0 Å². The van der Waals surface area contributed by atoms with Gasteiger partial charge in [0, 0.05) is 31.6 Å². The third-order valence-corrected chi connectivity index (χ3v) is 10.2. The quantitative estimate of drug-likeness (QED) is 0.395. The maximum Gasteiger partial charge on any atom is 0.138 e. The van der Waals surface area contributed by atoms with Crippen molar-refractivity contribution in [1.82, 2.24) is 0 Å². The van der Waals surface area contributed by atoms with Crippen LogP contribution in [0.5, 0.6) is 17.2 Å². The second-order valence-corrected chi connectivity index (χ2v) is 11.7. The molecule has 3 aliphatic carbocycles. The molecule has 0 heterocycles. The molecule has 0 unspecified atom stereocenters. The zero-order chi connectivity index (χ0) is 25.9. The van der Waals surface area contributed by atoms with Crippen molar-refractivity contribution in [2.75, 3.05) is 23.9 Å². The van der Waals surface area contributed by atoms with E-state index in [1.807, 2.05) is 48.5 Å². The second-order valence-electron chi connectivity index (χ2n) is 11.7.